The molecule has 0 aromatic heterocycles. The molecule has 2 heteroatoms. The lowest BCUT2D eigenvalue weighted by molar-refractivity contribution is 0.411. The molecule has 1 aliphatic carbocycles. The van der Waals surface area contributed by atoms with E-state index in [9.17, 15) is 0 Å². The van der Waals surface area contributed by atoms with Crippen molar-refractivity contribution in [1.29, 1.82) is 0 Å². The van der Waals surface area contributed by atoms with E-state index in [1.807, 2.05) is 0 Å². The van der Waals surface area contributed by atoms with Crippen LogP contribution in [-0.4, -0.2) is 13.7 Å². The van der Waals surface area contributed by atoms with Crippen molar-refractivity contribution in [3.63, 3.8) is 0 Å². The number of methoxy groups -OCH3 is 1. The number of rotatable bonds is 4. The summed E-state index contributed by atoms with van der Waals surface area (Å²) in [5, 5.41) is 0. The van der Waals surface area contributed by atoms with Gasteiger partial charge in [-0.1, -0.05) is 12.1 Å². The largest absolute Gasteiger partial charge is 0.496 e. The monoisotopic (exact) mass is 205 g/mol. The summed E-state index contributed by atoms with van der Waals surface area (Å²) in [5.41, 5.74) is 8.41. The SMILES string of the molecule is COc1ccc(C(CN)C2CC2)cc1C. The second kappa shape index (κ2) is 4.23. The Balaban J connectivity index is 2.23. The van der Waals surface area contributed by atoms with Crippen LogP contribution < -0.4 is 10.5 Å². The van der Waals surface area contributed by atoms with E-state index in [4.69, 9.17) is 10.5 Å². The number of aryl methyl sites for hydroxylation is 1. The third kappa shape index (κ3) is 2.15. The standard InChI is InChI=1S/C13H19NO/c1-9-7-11(5-6-13(9)15-2)12(8-14)10-3-4-10/h5-7,10,12H,3-4,8,14H2,1-2H3. The van der Waals surface area contributed by atoms with Gasteiger partial charge >= 0.3 is 0 Å². The second-order valence-corrected chi connectivity index (χ2v) is 4.41. The molecule has 0 heterocycles. The van der Waals surface area contributed by atoms with Gasteiger partial charge in [-0.2, -0.15) is 0 Å². The minimum Gasteiger partial charge on any atom is -0.496 e. The maximum absolute atomic E-state index is 5.84. The van der Waals surface area contributed by atoms with E-state index in [-0.39, 0.29) is 0 Å². The van der Waals surface area contributed by atoms with Crippen LogP contribution in [0.1, 0.15) is 29.9 Å². The average molecular weight is 205 g/mol. The van der Waals surface area contributed by atoms with Gasteiger partial charge in [-0.3, -0.25) is 0 Å². The second-order valence-electron chi connectivity index (χ2n) is 4.41. The fraction of sp³-hybridized carbons (Fsp3) is 0.538. The Labute approximate surface area is 91.4 Å². The molecule has 15 heavy (non-hydrogen) atoms. The summed E-state index contributed by atoms with van der Waals surface area (Å²) < 4.78 is 5.26. The first-order valence-corrected chi connectivity index (χ1v) is 5.61. The Morgan fingerprint density at radius 1 is 1.47 bits per heavy atom. The zero-order chi connectivity index (χ0) is 10.8. The van der Waals surface area contributed by atoms with Gasteiger partial charge in [0.25, 0.3) is 0 Å². The van der Waals surface area contributed by atoms with Crippen molar-refractivity contribution >= 4 is 0 Å². The van der Waals surface area contributed by atoms with Gasteiger partial charge < -0.3 is 10.5 Å². The maximum Gasteiger partial charge on any atom is 0.121 e. The first kappa shape index (κ1) is 10.5. The Kier molecular flexibility index (Phi) is 2.96. The quantitative estimate of drug-likeness (QED) is 0.819. The fourth-order valence-electron chi connectivity index (χ4n) is 2.23. The van der Waals surface area contributed by atoms with Crippen LogP contribution in [0.2, 0.25) is 0 Å². The smallest absolute Gasteiger partial charge is 0.121 e. The summed E-state index contributed by atoms with van der Waals surface area (Å²) in [4.78, 5) is 0. The van der Waals surface area contributed by atoms with Crippen molar-refractivity contribution < 1.29 is 4.74 Å². The van der Waals surface area contributed by atoms with Crippen molar-refractivity contribution in [1.82, 2.24) is 0 Å². The molecule has 1 atom stereocenters. The molecule has 0 spiro atoms. The van der Waals surface area contributed by atoms with Crippen LogP contribution in [0.15, 0.2) is 18.2 Å². The third-order valence-electron chi connectivity index (χ3n) is 3.29. The van der Waals surface area contributed by atoms with E-state index >= 15 is 0 Å². The minimum absolute atomic E-state index is 0.551. The molecule has 2 rings (SSSR count). The van der Waals surface area contributed by atoms with Gasteiger partial charge in [0.1, 0.15) is 5.75 Å². The van der Waals surface area contributed by atoms with Gasteiger partial charge in [0.15, 0.2) is 0 Å². The Morgan fingerprint density at radius 2 is 2.20 bits per heavy atom. The van der Waals surface area contributed by atoms with Gasteiger partial charge in [-0.25, -0.2) is 0 Å². The topological polar surface area (TPSA) is 35.2 Å². The number of benzene rings is 1. The normalized spacial score (nSPS) is 17.5. The van der Waals surface area contributed by atoms with Crippen molar-refractivity contribution in [3.05, 3.63) is 29.3 Å². The number of ether oxygens (including phenoxy) is 1. The summed E-state index contributed by atoms with van der Waals surface area (Å²) in [6.07, 6.45) is 2.68. The molecule has 82 valence electrons. The van der Waals surface area contributed by atoms with Gasteiger partial charge in [-0.15, -0.1) is 0 Å². The first-order chi connectivity index (χ1) is 7.26. The summed E-state index contributed by atoms with van der Waals surface area (Å²) in [5.74, 6) is 2.34. The highest BCUT2D eigenvalue weighted by Crippen LogP contribution is 2.42. The predicted octanol–water partition coefficient (Wildman–Crippen LogP) is 2.46. The molecule has 0 amide bonds. The average Bonchev–Trinajstić information content (AvgIpc) is 3.03. The first-order valence-electron chi connectivity index (χ1n) is 5.61. The van der Waals surface area contributed by atoms with E-state index in [1.54, 1.807) is 7.11 Å². The highest BCUT2D eigenvalue weighted by molar-refractivity contribution is 5.38. The molecule has 1 aromatic rings. The zero-order valence-corrected chi connectivity index (χ0v) is 9.49. The minimum atomic E-state index is 0.551. The maximum atomic E-state index is 5.84. The van der Waals surface area contributed by atoms with Gasteiger partial charge in [-0.05, 0) is 55.3 Å². The summed E-state index contributed by atoms with van der Waals surface area (Å²) in [7, 11) is 1.71. The van der Waals surface area contributed by atoms with Gasteiger partial charge in [0, 0.05) is 0 Å². The van der Waals surface area contributed by atoms with Crippen molar-refractivity contribution in [2.24, 2.45) is 11.7 Å². The van der Waals surface area contributed by atoms with E-state index in [0.717, 1.165) is 18.2 Å². The molecule has 1 aliphatic rings. The van der Waals surface area contributed by atoms with Gasteiger partial charge in [0.05, 0.1) is 7.11 Å². The fourth-order valence-corrected chi connectivity index (χ4v) is 2.23. The van der Waals surface area contributed by atoms with Crippen LogP contribution >= 0.6 is 0 Å². The van der Waals surface area contributed by atoms with Crippen molar-refractivity contribution in [2.75, 3.05) is 13.7 Å². The van der Waals surface area contributed by atoms with Crippen LogP contribution in [0.4, 0.5) is 0 Å². The van der Waals surface area contributed by atoms with Gasteiger partial charge in [0.2, 0.25) is 0 Å². The lowest BCUT2D eigenvalue weighted by Crippen LogP contribution is -2.14. The molecular formula is C13H19NO. The van der Waals surface area contributed by atoms with Crippen LogP contribution in [-0.2, 0) is 0 Å². The van der Waals surface area contributed by atoms with E-state index in [0.29, 0.717) is 5.92 Å². The van der Waals surface area contributed by atoms with Crippen LogP contribution in [0.25, 0.3) is 0 Å². The third-order valence-corrected chi connectivity index (χ3v) is 3.29. The number of hydrogen-bond acceptors (Lipinski definition) is 2. The predicted molar refractivity (Wildman–Crippen MR) is 62.3 cm³/mol. The van der Waals surface area contributed by atoms with Crippen LogP contribution in [0, 0.1) is 12.8 Å². The molecule has 2 nitrogen and oxygen atoms in total. The molecule has 1 unspecified atom stereocenters. The molecule has 0 radical (unpaired) electrons. The summed E-state index contributed by atoms with van der Waals surface area (Å²) >= 11 is 0. The molecule has 1 saturated carbocycles. The highest BCUT2D eigenvalue weighted by Gasteiger charge is 2.31. The molecule has 0 bridgehead atoms. The van der Waals surface area contributed by atoms with Crippen molar-refractivity contribution in [2.45, 2.75) is 25.7 Å². The zero-order valence-electron chi connectivity index (χ0n) is 9.49. The molecule has 1 aromatic carbocycles. The van der Waals surface area contributed by atoms with Crippen LogP contribution in [0.3, 0.4) is 0 Å². The van der Waals surface area contributed by atoms with E-state index in [1.165, 1.54) is 24.0 Å². The molecule has 2 N–H and O–H groups in total. The van der Waals surface area contributed by atoms with Crippen molar-refractivity contribution in [3.8, 4) is 5.75 Å². The number of nitrogens with two attached hydrogens (primary N) is 1. The lowest BCUT2D eigenvalue weighted by Gasteiger charge is -2.16. The number of hydrogen-bond donors (Lipinski definition) is 1. The molecule has 0 aliphatic heterocycles. The highest BCUT2D eigenvalue weighted by atomic mass is 16.5. The Morgan fingerprint density at radius 3 is 2.67 bits per heavy atom. The summed E-state index contributed by atoms with van der Waals surface area (Å²) in [6, 6.07) is 6.42. The Bertz CT molecular complexity index is 344. The molecule has 1 fully saturated rings. The van der Waals surface area contributed by atoms with Crippen LogP contribution in [0.5, 0.6) is 5.75 Å². The lowest BCUT2D eigenvalue weighted by atomic mass is 9.93. The summed E-state index contributed by atoms with van der Waals surface area (Å²) in [6.45, 7) is 2.85. The van der Waals surface area contributed by atoms with E-state index < -0.39 is 0 Å². The molecule has 0 saturated heterocycles. The Hall–Kier alpha value is -1.02. The molecular weight excluding hydrogens is 186 g/mol. The van der Waals surface area contributed by atoms with E-state index in [2.05, 4.69) is 25.1 Å².